The molecular weight excluding hydrogens is 619 g/mol. The zero-order valence-electron chi connectivity index (χ0n) is 26.1. The van der Waals surface area contributed by atoms with Crippen molar-refractivity contribution in [2.24, 2.45) is 0 Å². The van der Waals surface area contributed by atoms with E-state index in [9.17, 15) is 0 Å². The molecule has 0 spiro atoms. The van der Waals surface area contributed by atoms with Gasteiger partial charge < -0.3 is 8.98 Å². The molecule has 0 saturated carbocycles. The number of fused-ring (bicyclic) bond motifs is 12. The van der Waals surface area contributed by atoms with Crippen LogP contribution in [0.5, 0.6) is 0 Å². The van der Waals surface area contributed by atoms with Gasteiger partial charge in [-0.2, -0.15) is 0 Å². The maximum Gasteiger partial charge on any atom is 0.164 e. The second kappa shape index (κ2) is 10.1. The van der Waals surface area contributed by atoms with E-state index in [1.807, 2.05) is 17.4 Å². The van der Waals surface area contributed by atoms with Crippen molar-refractivity contribution in [2.75, 3.05) is 0 Å². The summed E-state index contributed by atoms with van der Waals surface area (Å²) in [6.07, 6.45) is 0. The van der Waals surface area contributed by atoms with Crippen molar-refractivity contribution in [2.45, 2.75) is 0 Å². The summed E-state index contributed by atoms with van der Waals surface area (Å²) in [5.41, 5.74) is 8.72. The summed E-state index contributed by atoms with van der Waals surface area (Å²) in [7, 11) is 0. The minimum Gasteiger partial charge on any atom is -0.453 e. The average molecular weight is 644 g/mol. The number of aromatic nitrogens is 3. The number of hydrogen-bond donors (Lipinski definition) is 0. The lowest BCUT2D eigenvalue weighted by Gasteiger charge is -2.11. The second-order valence-corrected chi connectivity index (χ2v) is 13.6. The average Bonchev–Trinajstić information content (AvgIpc) is 3.85. The zero-order chi connectivity index (χ0) is 32.1. The number of para-hydroxylation sites is 3. The standard InChI is InChI=1S/C44H25N3OS/c1-3-12-26(13-4-1)40-39-34(24-25-37-38(39)32-17-8-10-21-36(32)49-37)45-44(46-40)33-19-11-18-30-31-23-22-29-28-16-7-9-20-35(28)47(27-14-5-2-6-15-27)41(29)43(31)48-42(30)33/h1-25H. The predicted octanol–water partition coefficient (Wildman–Crippen LogP) is 12.3. The van der Waals surface area contributed by atoms with Crippen LogP contribution in [0.25, 0.3) is 103 Å². The molecule has 0 atom stereocenters. The Bertz CT molecular complexity index is 3100. The Morgan fingerprint density at radius 2 is 1.20 bits per heavy atom. The molecule has 4 heterocycles. The number of benzene rings is 7. The highest BCUT2D eigenvalue weighted by Gasteiger charge is 2.23. The van der Waals surface area contributed by atoms with Crippen LogP contribution in [0.15, 0.2) is 156 Å². The molecule has 0 aliphatic heterocycles. The van der Waals surface area contributed by atoms with E-state index in [0.29, 0.717) is 5.82 Å². The SMILES string of the molecule is c1ccc(-c2nc(-c3cccc4c3oc3c4ccc4c5ccccc5n(-c5ccccc5)c43)nc3ccc4sc5ccccc5c4c23)cc1. The van der Waals surface area contributed by atoms with Crippen molar-refractivity contribution < 1.29 is 4.42 Å². The van der Waals surface area contributed by atoms with Crippen molar-refractivity contribution in [3.05, 3.63) is 152 Å². The molecule has 0 N–H and O–H groups in total. The normalized spacial score (nSPS) is 12.1. The maximum atomic E-state index is 7.02. The molecular formula is C44H25N3OS. The first-order valence-corrected chi connectivity index (χ1v) is 17.2. The molecule has 11 aromatic rings. The largest absolute Gasteiger partial charge is 0.453 e. The van der Waals surface area contributed by atoms with Gasteiger partial charge in [0.2, 0.25) is 0 Å². The molecule has 0 aliphatic rings. The van der Waals surface area contributed by atoms with Gasteiger partial charge in [-0.25, -0.2) is 9.97 Å². The third-order valence-electron chi connectivity index (χ3n) is 9.80. The van der Waals surface area contributed by atoms with E-state index in [0.717, 1.165) is 71.8 Å². The van der Waals surface area contributed by atoms with Gasteiger partial charge in [-0.05, 0) is 48.5 Å². The maximum absolute atomic E-state index is 7.02. The number of hydrogen-bond acceptors (Lipinski definition) is 4. The van der Waals surface area contributed by atoms with Crippen LogP contribution < -0.4 is 0 Å². The second-order valence-electron chi connectivity index (χ2n) is 12.5. The fourth-order valence-electron chi connectivity index (χ4n) is 7.69. The highest BCUT2D eigenvalue weighted by atomic mass is 32.1. The molecule has 0 unspecified atom stereocenters. The first-order chi connectivity index (χ1) is 24.3. The third-order valence-corrected chi connectivity index (χ3v) is 10.9. The number of thiophene rings is 1. The van der Waals surface area contributed by atoms with Crippen LogP contribution in [0, 0.1) is 0 Å². The molecule has 49 heavy (non-hydrogen) atoms. The fourth-order valence-corrected chi connectivity index (χ4v) is 8.80. The smallest absolute Gasteiger partial charge is 0.164 e. The highest BCUT2D eigenvalue weighted by Crippen LogP contribution is 2.44. The number of nitrogens with zero attached hydrogens (tertiary/aromatic N) is 3. The molecule has 228 valence electrons. The molecule has 0 bridgehead atoms. The number of rotatable bonds is 3. The third kappa shape index (κ3) is 3.79. The Kier molecular flexibility index (Phi) is 5.51. The van der Waals surface area contributed by atoms with Crippen molar-refractivity contribution in [1.29, 1.82) is 0 Å². The Morgan fingerprint density at radius 1 is 0.490 bits per heavy atom. The minimum atomic E-state index is 0.648. The lowest BCUT2D eigenvalue weighted by Crippen LogP contribution is -1.96. The first-order valence-electron chi connectivity index (χ1n) is 16.4. The molecule has 11 rings (SSSR count). The first kappa shape index (κ1) is 26.7. The van der Waals surface area contributed by atoms with Crippen LogP contribution in [0.1, 0.15) is 0 Å². The molecule has 4 nitrogen and oxygen atoms in total. The van der Waals surface area contributed by atoms with Crippen LogP contribution in [0.2, 0.25) is 0 Å². The topological polar surface area (TPSA) is 43.9 Å². The van der Waals surface area contributed by atoms with Gasteiger partial charge in [0.25, 0.3) is 0 Å². The van der Waals surface area contributed by atoms with Crippen LogP contribution >= 0.6 is 11.3 Å². The molecule has 0 fully saturated rings. The van der Waals surface area contributed by atoms with E-state index < -0.39 is 0 Å². The quantitative estimate of drug-likeness (QED) is 0.192. The summed E-state index contributed by atoms with van der Waals surface area (Å²) in [4.78, 5) is 10.7. The van der Waals surface area contributed by atoms with Gasteiger partial charge in [-0.3, -0.25) is 0 Å². The Morgan fingerprint density at radius 3 is 2.08 bits per heavy atom. The Labute approximate surface area is 284 Å². The molecule has 0 amide bonds. The van der Waals surface area contributed by atoms with Gasteiger partial charge >= 0.3 is 0 Å². The predicted molar refractivity (Wildman–Crippen MR) is 205 cm³/mol. The molecule has 0 aliphatic carbocycles. The summed E-state index contributed by atoms with van der Waals surface area (Å²) in [6, 6.07) is 53.3. The van der Waals surface area contributed by atoms with Gasteiger partial charge in [0, 0.05) is 58.4 Å². The van der Waals surface area contributed by atoms with Gasteiger partial charge in [0.05, 0.1) is 27.8 Å². The summed E-state index contributed by atoms with van der Waals surface area (Å²) in [5.74, 6) is 0.648. The zero-order valence-corrected chi connectivity index (χ0v) is 26.9. The number of furan rings is 1. The molecule has 5 heteroatoms. The van der Waals surface area contributed by atoms with Gasteiger partial charge in [0.15, 0.2) is 11.4 Å². The van der Waals surface area contributed by atoms with Crippen molar-refractivity contribution >= 4 is 86.2 Å². The van der Waals surface area contributed by atoms with E-state index in [-0.39, 0.29) is 0 Å². The summed E-state index contributed by atoms with van der Waals surface area (Å²) in [6.45, 7) is 0. The highest BCUT2D eigenvalue weighted by molar-refractivity contribution is 7.26. The Balaban J connectivity index is 1.24. The summed E-state index contributed by atoms with van der Waals surface area (Å²) >= 11 is 1.81. The van der Waals surface area contributed by atoms with Gasteiger partial charge in [0.1, 0.15) is 5.58 Å². The van der Waals surface area contributed by atoms with Gasteiger partial charge in [-0.15, -0.1) is 11.3 Å². The monoisotopic (exact) mass is 643 g/mol. The van der Waals surface area contributed by atoms with Crippen molar-refractivity contribution in [3.8, 4) is 28.3 Å². The van der Waals surface area contributed by atoms with E-state index in [1.54, 1.807) is 0 Å². The van der Waals surface area contributed by atoms with E-state index >= 15 is 0 Å². The molecule has 0 radical (unpaired) electrons. The summed E-state index contributed by atoms with van der Waals surface area (Å²) in [5, 5.41) is 7.99. The lowest BCUT2D eigenvalue weighted by atomic mass is 10.0. The Hall–Kier alpha value is -6.30. The van der Waals surface area contributed by atoms with Gasteiger partial charge in [-0.1, -0.05) is 103 Å². The van der Waals surface area contributed by atoms with E-state index in [1.165, 1.54) is 25.6 Å². The minimum absolute atomic E-state index is 0.648. The van der Waals surface area contributed by atoms with Crippen LogP contribution in [0.4, 0.5) is 0 Å². The van der Waals surface area contributed by atoms with Crippen molar-refractivity contribution in [1.82, 2.24) is 14.5 Å². The molecule has 7 aromatic carbocycles. The van der Waals surface area contributed by atoms with Crippen LogP contribution in [0.3, 0.4) is 0 Å². The van der Waals surface area contributed by atoms with E-state index in [2.05, 4.69) is 150 Å². The fraction of sp³-hybridized carbons (Fsp3) is 0. The molecule has 4 aromatic heterocycles. The van der Waals surface area contributed by atoms with E-state index in [4.69, 9.17) is 14.4 Å². The summed E-state index contributed by atoms with van der Waals surface area (Å²) < 4.78 is 11.8. The van der Waals surface area contributed by atoms with Crippen LogP contribution in [-0.4, -0.2) is 14.5 Å². The van der Waals surface area contributed by atoms with Crippen LogP contribution in [-0.2, 0) is 0 Å². The molecule has 0 saturated heterocycles. The van der Waals surface area contributed by atoms with Crippen molar-refractivity contribution in [3.63, 3.8) is 0 Å². The lowest BCUT2D eigenvalue weighted by molar-refractivity contribution is 0.671.